The van der Waals surface area contributed by atoms with Gasteiger partial charge in [0.1, 0.15) is 22.9 Å². The quantitative estimate of drug-likeness (QED) is 0.319. The summed E-state index contributed by atoms with van der Waals surface area (Å²) in [5.74, 6) is -5.37. The van der Waals surface area contributed by atoms with Gasteiger partial charge >= 0.3 is 23.9 Å². The van der Waals surface area contributed by atoms with E-state index in [9.17, 15) is 19.2 Å². The zero-order valence-corrected chi connectivity index (χ0v) is 17.6. The minimum absolute atomic E-state index is 0.140. The fourth-order valence-corrected chi connectivity index (χ4v) is 4.37. The lowest BCUT2D eigenvalue weighted by Crippen LogP contribution is -2.54. The van der Waals surface area contributed by atoms with Crippen LogP contribution in [0.5, 0.6) is 0 Å². The number of ether oxygens (including phenoxy) is 4. The van der Waals surface area contributed by atoms with Crippen LogP contribution in [0, 0.1) is 11.8 Å². The second kappa shape index (κ2) is 9.56. The second-order valence-electron chi connectivity index (χ2n) is 7.55. The average Bonchev–Trinajstić information content (AvgIpc) is 3.27. The summed E-state index contributed by atoms with van der Waals surface area (Å²) in [6.07, 6.45) is 3.19. The van der Waals surface area contributed by atoms with Crippen molar-refractivity contribution in [1.29, 1.82) is 0 Å². The Bertz CT molecular complexity index is 596. The molecule has 0 spiro atoms. The molecule has 29 heavy (non-hydrogen) atoms. The number of unbranched alkanes of at least 4 members (excludes halogenated alkanes) is 2. The smallest absolute Gasteiger partial charge is 0.327 e. The van der Waals surface area contributed by atoms with Gasteiger partial charge < -0.3 is 18.9 Å². The lowest BCUT2D eigenvalue weighted by Gasteiger charge is -2.35. The number of hydrogen-bond acceptors (Lipinski definition) is 9. The van der Waals surface area contributed by atoms with E-state index in [1.54, 1.807) is 0 Å². The van der Waals surface area contributed by atoms with Gasteiger partial charge in [-0.25, -0.2) is 0 Å². The monoisotopic (exact) mass is 413 g/mol. The van der Waals surface area contributed by atoms with E-state index in [4.69, 9.17) is 18.9 Å². The fraction of sp³-hybridized carbons (Fsp3) is 0.800. The number of fused-ring (bicyclic) bond motifs is 2. The largest absolute Gasteiger partial charge is 0.468 e. The summed E-state index contributed by atoms with van der Waals surface area (Å²) in [6.45, 7) is 4.21. The maximum atomic E-state index is 13.0. The van der Waals surface area contributed by atoms with Gasteiger partial charge in [-0.2, -0.15) is 0 Å². The van der Waals surface area contributed by atoms with Crippen LogP contribution < -0.4 is 5.32 Å². The molecule has 2 saturated heterocycles. The molecule has 9 heteroatoms. The number of rotatable bonds is 10. The van der Waals surface area contributed by atoms with Crippen LogP contribution in [0.1, 0.15) is 52.4 Å². The average molecular weight is 413 g/mol. The first-order valence-corrected chi connectivity index (χ1v) is 10.1. The molecule has 9 nitrogen and oxygen atoms in total. The lowest BCUT2D eigenvalue weighted by atomic mass is 9.66. The topological polar surface area (TPSA) is 117 Å². The van der Waals surface area contributed by atoms with E-state index in [1.807, 2.05) is 13.8 Å². The molecule has 0 unspecified atom stereocenters. The molecule has 2 aliphatic heterocycles. The molecule has 2 bridgehead atoms. The van der Waals surface area contributed by atoms with Crippen LogP contribution in [0.3, 0.4) is 0 Å². The van der Waals surface area contributed by atoms with Gasteiger partial charge in [0.25, 0.3) is 0 Å². The molecule has 0 aromatic carbocycles. The Morgan fingerprint density at radius 3 is 1.48 bits per heavy atom. The van der Waals surface area contributed by atoms with Crippen LogP contribution in [0.15, 0.2) is 0 Å². The van der Waals surface area contributed by atoms with Crippen LogP contribution in [0.4, 0.5) is 0 Å². The van der Waals surface area contributed by atoms with Crippen molar-refractivity contribution in [2.75, 3.05) is 27.4 Å². The molecule has 0 aliphatic carbocycles. The van der Waals surface area contributed by atoms with Gasteiger partial charge in [0.15, 0.2) is 0 Å². The van der Waals surface area contributed by atoms with Crippen LogP contribution in [0.25, 0.3) is 0 Å². The van der Waals surface area contributed by atoms with Crippen LogP contribution in [-0.4, -0.2) is 62.4 Å². The zero-order chi connectivity index (χ0) is 21.7. The number of methoxy groups -OCH3 is 2. The summed E-state index contributed by atoms with van der Waals surface area (Å²) in [4.78, 5) is 51.5. The number of carbonyl (C=O) groups excluding carboxylic acids is 4. The summed E-state index contributed by atoms with van der Waals surface area (Å²) in [7, 11) is 2.40. The highest BCUT2D eigenvalue weighted by molar-refractivity contribution is 6.01. The molecule has 2 heterocycles. The van der Waals surface area contributed by atoms with Gasteiger partial charge in [-0.15, -0.1) is 0 Å². The van der Waals surface area contributed by atoms with E-state index in [0.717, 1.165) is 12.8 Å². The van der Waals surface area contributed by atoms with Crippen LogP contribution >= 0.6 is 0 Å². The van der Waals surface area contributed by atoms with E-state index in [-0.39, 0.29) is 26.1 Å². The third-order valence-corrected chi connectivity index (χ3v) is 5.85. The summed E-state index contributed by atoms with van der Waals surface area (Å²) in [5.41, 5.74) is -3.08. The van der Waals surface area contributed by atoms with Gasteiger partial charge in [-0.1, -0.05) is 26.7 Å². The van der Waals surface area contributed by atoms with Crippen molar-refractivity contribution >= 4 is 23.9 Å². The molecule has 2 aliphatic rings. The summed E-state index contributed by atoms with van der Waals surface area (Å²) < 4.78 is 20.6. The Morgan fingerprint density at radius 2 is 1.17 bits per heavy atom. The van der Waals surface area contributed by atoms with Crippen molar-refractivity contribution in [3.05, 3.63) is 0 Å². The number of hydrogen-bond donors (Lipinski definition) is 1. The van der Waals surface area contributed by atoms with Crippen molar-refractivity contribution in [2.45, 2.75) is 63.5 Å². The van der Waals surface area contributed by atoms with E-state index < -0.39 is 46.8 Å². The zero-order valence-electron chi connectivity index (χ0n) is 17.6. The lowest BCUT2D eigenvalue weighted by molar-refractivity contribution is -0.172. The third-order valence-electron chi connectivity index (χ3n) is 5.85. The minimum Gasteiger partial charge on any atom is -0.468 e. The van der Waals surface area contributed by atoms with Gasteiger partial charge in [0.05, 0.1) is 27.4 Å². The third kappa shape index (κ3) is 3.97. The summed E-state index contributed by atoms with van der Waals surface area (Å²) in [5, 5.41) is 2.95. The standard InChI is InChI=1S/C20H31NO8/c1-5-7-11-28-15(22)13-14(16(23)29-12-8-6-2)20(18(25)27-4)10-9-19(13,21-20)17(24)26-3/h13-14,21H,5-12H2,1-4H3/t13-,14+,19-,20+. The van der Waals surface area contributed by atoms with Crippen LogP contribution in [-0.2, 0) is 38.1 Å². The number of carbonyl (C=O) groups is 4. The van der Waals surface area contributed by atoms with Gasteiger partial charge in [0.2, 0.25) is 0 Å². The highest BCUT2D eigenvalue weighted by atomic mass is 16.6. The Balaban J connectivity index is 2.46. The first kappa shape index (κ1) is 23.1. The van der Waals surface area contributed by atoms with E-state index in [0.29, 0.717) is 12.8 Å². The second-order valence-corrected chi connectivity index (χ2v) is 7.55. The van der Waals surface area contributed by atoms with E-state index in [1.165, 1.54) is 14.2 Å². The predicted octanol–water partition coefficient (Wildman–Crippen LogP) is 1.13. The van der Waals surface area contributed by atoms with Crippen molar-refractivity contribution in [2.24, 2.45) is 11.8 Å². The first-order chi connectivity index (χ1) is 13.8. The predicted molar refractivity (Wildman–Crippen MR) is 101 cm³/mol. The Morgan fingerprint density at radius 1 is 0.793 bits per heavy atom. The molecule has 0 amide bonds. The van der Waals surface area contributed by atoms with E-state index >= 15 is 0 Å². The first-order valence-electron chi connectivity index (χ1n) is 10.1. The molecular weight excluding hydrogens is 382 g/mol. The van der Waals surface area contributed by atoms with Crippen molar-refractivity contribution in [3.63, 3.8) is 0 Å². The normalized spacial score (nSPS) is 29.9. The SMILES string of the molecule is CCCCOC(=O)[C@@H]1[C@H](C(=O)OCCCC)[C@@]2(C(=O)OC)CC[C@]1(C(=O)OC)N2. The highest BCUT2D eigenvalue weighted by Gasteiger charge is 2.77. The van der Waals surface area contributed by atoms with Gasteiger partial charge in [0, 0.05) is 0 Å². The molecule has 0 aromatic heterocycles. The molecule has 1 N–H and O–H groups in total. The Labute approximate surface area is 170 Å². The molecule has 2 rings (SSSR count). The summed E-state index contributed by atoms with van der Waals surface area (Å²) >= 11 is 0. The minimum atomic E-state index is -1.54. The molecule has 164 valence electrons. The van der Waals surface area contributed by atoms with Crippen LogP contribution in [0.2, 0.25) is 0 Å². The fourth-order valence-electron chi connectivity index (χ4n) is 4.37. The molecule has 0 aromatic rings. The Hall–Kier alpha value is -2.16. The number of esters is 4. The number of nitrogens with one attached hydrogen (secondary N) is 1. The molecule has 0 radical (unpaired) electrons. The summed E-state index contributed by atoms with van der Waals surface area (Å²) in [6, 6.07) is 0. The van der Waals surface area contributed by atoms with Gasteiger partial charge in [-0.05, 0) is 25.7 Å². The highest BCUT2D eigenvalue weighted by Crippen LogP contribution is 2.54. The molecule has 2 fully saturated rings. The Kier molecular flexibility index (Phi) is 7.62. The maximum Gasteiger partial charge on any atom is 0.327 e. The molecular formula is C20H31NO8. The van der Waals surface area contributed by atoms with E-state index in [2.05, 4.69) is 5.32 Å². The van der Waals surface area contributed by atoms with Crippen molar-refractivity contribution in [3.8, 4) is 0 Å². The maximum absolute atomic E-state index is 13.0. The molecule has 0 saturated carbocycles. The van der Waals surface area contributed by atoms with Crippen molar-refractivity contribution in [1.82, 2.24) is 5.32 Å². The van der Waals surface area contributed by atoms with Gasteiger partial charge in [-0.3, -0.25) is 24.5 Å². The van der Waals surface area contributed by atoms with Crippen molar-refractivity contribution < 1.29 is 38.1 Å². The molecule has 4 atom stereocenters.